The van der Waals surface area contributed by atoms with Crippen molar-refractivity contribution in [3.8, 4) is 11.1 Å². The summed E-state index contributed by atoms with van der Waals surface area (Å²) in [7, 11) is 0. The molecule has 2 aromatic rings. The number of amides is 2. The van der Waals surface area contributed by atoms with Gasteiger partial charge < -0.3 is 20.5 Å². The molecule has 0 heterocycles. The van der Waals surface area contributed by atoms with Crippen LogP contribution in [0.2, 0.25) is 0 Å². The van der Waals surface area contributed by atoms with Crippen LogP contribution in [-0.4, -0.2) is 47.7 Å². The number of alkyl carbamates (subject to hydrolysis) is 1. The lowest BCUT2D eigenvalue weighted by Crippen LogP contribution is -2.61. The molecule has 2 aromatic carbocycles. The predicted octanol–water partition coefficient (Wildman–Crippen LogP) is 4.06. The summed E-state index contributed by atoms with van der Waals surface area (Å²) in [6.07, 6.45) is 1.76. The summed E-state index contributed by atoms with van der Waals surface area (Å²) in [5, 5.41) is 13.2. The van der Waals surface area contributed by atoms with Gasteiger partial charge in [-0.1, -0.05) is 67.8 Å². The molecule has 0 spiro atoms. The topological polar surface area (TPSA) is 105 Å². The van der Waals surface area contributed by atoms with E-state index in [0.717, 1.165) is 28.7 Å². The first kappa shape index (κ1) is 23.7. The van der Waals surface area contributed by atoms with Crippen molar-refractivity contribution >= 4 is 18.0 Å². The van der Waals surface area contributed by atoms with Crippen molar-refractivity contribution in [1.82, 2.24) is 10.6 Å². The van der Waals surface area contributed by atoms with Crippen molar-refractivity contribution in [3.63, 3.8) is 0 Å². The van der Waals surface area contributed by atoms with Crippen LogP contribution < -0.4 is 10.6 Å². The van der Waals surface area contributed by atoms with Gasteiger partial charge in [0, 0.05) is 5.92 Å². The van der Waals surface area contributed by atoms with Gasteiger partial charge in [-0.25, -0.2) is 9.59 Å². The molecule has 0 saturated heterocycles. The molecule has 2 aliphatic rings. The Morgan fingerprint density at radius 3 is 2.09 bits per heavy atom. The van der Waals surface area contributed by atoms with Gasteiger partial charge in [0.25, 0.3) is 0 Å². The van der Waals surface area contributed by atoms with E-state index in [9.17, 15) is 23.2 Å². The average Bonchev–Trinajstić information content (AvgIpc) is 3.15. The van der Waals surface area contributed by atoms with Crippen molar-refractivity contribution in [2.45, 2.75) is 49.5 Å². The number of alkyl halides is 2. The van der Waals surface area contributed by atoms with Gasteiger partial charge in [-0.15, -0.1) is 0 Å². The number of rotatable bonds is 7. The number of fused-ring (bicyclic) bond motifs is 3. The van der Waals surface area contributed by atoms with E-state index in [4.69, 9.17) is 9.84 Å². The maximum absolute atomic E-state index is 13.5. The minimum absolute atomic E-state index is 0.0502. The Labute approximate surface area is 195 Å². The maximum atomic E-state index is 13.5. The maximum Gasteiger partial charge on any atom is 0.408 e. The van der Waals surface area contributed by atoms with Crippen molar-refractivity contribution in [2.24, 2.45) is 0 Å². The molecule has 2 amide bonds. The van der Waals surface area contributed by atoms with Gasteiger partial charge in [0.05, 0.1) is 6.54 Å². The monoisotopic (exact) mass is 472 g/mol. The Morgan fingerprint density at radius 1 is 0.971 bits per heavy atom. The quantitative estimate of drug-likeness (QED) is 0.564. The Kier molecular flexibility index (Phi) is 6.54. The van der Waals surface area contributed by atoms with Crippen LogP contribution in [-0.2, 0) is 14.3 Å². The van der Waals surface area contributed by atoms with Crippen LogP contribution in [0, 0.1) is 0 Å². The number of carbonyl (C=O) groups excluding carboxylic acids is 2. The zero-order valence-electron chi connectivity index (χ0n) is 18.5. The smallest absolute Gasteiger partial charge is 0.408 e. The Morgan fingerprint density at radius 2 is 1.53 bits per heavy atom. The number of carbonyl (C=O) groups is 3. The largest absolute Gasteiger partial charge is 0.477 e. The highest BCUT2D eigenvalue weighted by Crippen LogP contribution is 2.44. The Balaban J connectivity index is 1.44. The number of hydrogen-bond donors (Lipinski definition) is 3. The van der Waals surface area contributed by atoms with E-state index in [1.54, 1.807) is 0 Å². The second-order valence-electron chi connectivity index (χ2n) is 8.79. The van der Waals surface area contributed by atoms with Crippen LogP contribution in [0.1, 0.15) is 49.1 Å². The van der Waals surface area contributed by atoms with Crippen LogP contribution in [0.3, 0.4) is 0 Å². The van der Waals surface area contributed by atoms with Crippen LogP contribution in [0.4, 0.5) is 13.6 Å². The lowest BCUT2D eigenvalue weighted by Gasteiger charge is -2.36. The van der Waals surface area contributed by atoms with Gasteiger partial charge in [-0.05, 0) is 35.1 Å². The van der Waals surface area contributed by atoms with Crippen LogP contribution in [0.15, 0.2) is 48.5 Å². The molecule has 1 fully saturated rings. The molecule has 2 aliphatic carbocycles. The molecule has 1 saturated carbocycles. The number of benzene rings is 2. The van der Waals surface area contributed by atoms with Crippen molar-refractivity contribution < 1.29 is 33.0 Å². The van der Waals surface area contributed by atoms with Crippen LogP contribution >= 0.6 is 0 Å². The Bertz CT molecular complexity index is 1050. The highest BCUT2D eigenvalue weighted by atomic mass is 19.3. The third-order valence-corrected chi connectivity index (χ3v) is 6.61. The minimum Gasteiger partial charge on any atom is -0.477 e. The van der Waals surface area contributed by atoms with Gasteiger partial charge in [0.15, 0.2) is 0 Å². The fourth-order valence-corrected chi connectivity index (χ4v) is 4.83. The molecule has 34 heavy (non-hydrogen) atoms. The molecule has 4 rings (SSSR count). The van der Waals surface area contributed by atoms with E-state index < -0.39 is 36.0 Å². The van der Waals surface area contributed by atoms with Crippen LogP contribution in [0.5, 0.6) is 0 Å². The van der Waals surface area contributed by atoms with E-state index in [-0.39, 0.29) is 25.4 Å². The molecule has 0 aromatic heterocycles. The fourth-order valence-electron chi connectivity index (χ4n) is 4.83. The molecular formula is C25H26F2N2O5. The number of halogens is 2. The minimum atomic E-state index is -4.10. The van der Waals surface area contributed by atoms with E-state index in [1.165, 1.54) is 0 Å². The summed E-state index contributed by atoms with van der Waals surface area (Å²) in [6, 6.07) is 15.7. The number of carboxylic acid groups (broad SMARTS) is 1. The zero-order chi connectivity index (χ0) is 24.3. The molecule has 0 unspecified atom stereocenters. The van der Waals surface area contributed by atoms with Gasteiger partial charge in [-0.2, -0.15) is 8.78 Å². The average molecular weight is 472 g/mol. The molecular weight excluding hydrogens is 446 g/mol. The highest BCUT2D eigenvalue weighted by molar-refractivity contribution is 5.90. The predicted molar refractivity (Wildman–Crippen MR) is 120 cm³/mol. The SMILES string of the molecule is O=C(NC1(C(=O)NCC(F)(F)C(=O)O)CCCCC1)OCC1c2ccccc2-c2ccccc21. The highest BCUT2D eigenvalue weighted by Gasteiger charge is 2.45. The van der Waals surface area contributed by atoms with E-state index in [1.807, 2.05) is 53.8 Å². The third-order valence-electron chi connectivity index (χ3n) is 6.61. The fraction of sp³-hybridized carbons (Fsp3) is 0.400. The number of ether oxygens (including phenoxy) is 1. The van der Waals surface area contributed by atoms with Crippen molar-refractivity contribution in [2.75, 3.05) is 13.2 Å². The normalized spacial score (nSPS) is 16.8. The summed E-state index contributed by atoms with van der Waals surface area (Å²) in [6.45, 7) is -1.30. The zero-order valence-corrected chi connectivity index (χ0v) is 18.5. The molecule has 0 radical (unpaired) electrons. The van der Waals surface area contributed by atoms with Gasteiger partial charge >= 0.3 is 18.0 Å². The number of hydrogen-bond acceptors (Lipinski definition) is 4. The van der Waals surface area contributed by atoms with Gasteiger partial charge in [0.2, 0.25) is 5.91 Å². The third kappa shape index (κ3) is 4.60. The summed E-state index contributed by atoms with van der Waals surface area (Å²) in [4.78, 5) is 36.2. The molecule has 7 nitrogen and oxygen atoms in total. The van der Waals surface area contributed by atoms with Crippen molar-refractivity contribution in [3.05, 3.63) is 59.7 Å². The molecule has 9 heteroatoms. The number of carboxylic acids is 1. The summed E-state index contributed by atoms with van der Waals surface area (Å²) >= 11 is 0. The lowest BCUT2D eigenvalue weighted by molar-refractivity contribution is -0.164. The summed E-state index contributed by atoms with van der Waals surface area (Å²) < 4.78 is 32.5. The number of aliphatic carboxylic acids is 1. The molecule has 3 N–H and O–H groups in total. The van der Waals surface area contributed by atoms with E-state index in [2.05, 4.69) is 5.32 Å². The lowest BCUT2D eigenvalue weighted by atomic mass is 9.81. The summed E-state index contributed by atoms with van der Waals surface area (Å²) in [5.41, 5.74) is 2.81. The van der Waals surface area contributed by atoms with Gasteiger partial charge in [0.1, 0.15) is 12.1 Å². The van der Waals surface area contributed by atoms with Crippen molar-refractivity contribution in [1.29, 1.82) is 0 Å². The first-order chi connectivity index (χ1) is 16.2. The molecule has 0 aliphatic heterocycles. The second-order valence-corrected chi connectivity index (χ2v) is 8.79. The first-order valence-corrected chi connectivity index (χ1v) is 11.3. The second kappa shape index (κ2) is 9.40. The van der Waals surface area contributed by atoms with E-state index >= 15 is 0 Å². The van der Waals surface area contributed by atoms with Crippen LogP contribution in [0.25, 0.3) is 11.1 Å². The number of nitrogens with one attached hydrogen (secondary N) is 2. The molecule has 0 bridgehead atoms. The standard InChI is InChI=1S/C25H26F2N2O5/c26-25(27,22(31)32)15-28-21(30)24(12-6-1-7-13-24)29-23(33)34-14-20-18-10-4-2-8-16(18)17-9-3-5-11-19(17)20/h2-5,8-11,20H,1,6-7,12-15H2,(H,28,30)(H,29,33)(H,31,32). The van der Waals surface area contributed by atoms with E-state index in [0.29, 0.717) is 12.8 Å². The van der Waals surface area contributed by atoms with Gasteiger partial charge in [-0.3, -0.25) is 4.79 Å². The first-order valence-electron chi connectivity index (χ1n) is 11.3. The molecule has 180 valence electrons. The Hall–Kier alpha value is -3.49. The summed E-state index contributed by atoms with van der Waals surface area (Å²) in [5.74, 6) is -7.42. The molecule has 0 atom stereocenters.